The van der Waals surface area contributed by atoms with E-state index in [1.54, 1.807) is 6.92 Å². The van der Waals surface area contributed by atoms with Crippen LogP contribution in [-0.4, -0.2) is 44.3 Å². The fraction of sp³-hybridized carbons (Fsp3) is 1.00. The van der Waals surface area contributed by atoms with Gasteiger partial charge in [0, 0.05) is 18.4 Å². The van der Waals surface area contributed by atoms with Gasteiger partial charge in [0.1, 0.15) is 5.60 Å². The Morgan fingerprint density at radius 2 is 2.00 bits per heavy atom. The van der Waals surface area contributed by atoms with E-state index in [9.17, 15) is 8.42 Å². The molecule has 6 aliphatic rings. The molecule has 0 aromatic rings. The molecule has 5 saturated heterocycles. The van der Waals surface area contributed by atoms with Gasteiger partial charge in [-0.15, -0.1) is 0 Å². The lowest BCUT2D eigenvalue weighted by molar-refractivity contribution is -0.572. The Morgan fingerprint density at radius 1 is 1.21 bits per heavy atom. The number of fused-ring (bicyclic) bond motifs is 2. The normalized spacial score (nSPS) is 61.0. The number of hydrogen-bond donors (Lipinski definition) is 1. The van der Waals surface area contributed by atoms with Crippen molar-refractivity contribution in [2.24, 2.45) is 17.8 Å². The summed E-state index contributed by atoms with van der Waals surface area (Å²) >= 11 is 0. The lowest BCUT2D eigenvalue weighted by Gasteiger charge is -2.64. The summed E-state index contributed by atoms with van der Waals surface area (Å²) in [5.41, 5.74) is -1.87. The molecule has 0 amide bonds. The van der Waals surface area contributed by atoms with Crippen molar-refractivity contribution >= 4 is 10.3 Å². The zero-order chi connectivity index (χ0) is 17.0. The Morgan fingerprint density at radius 3 is 2.79 bits per heavy atom. The van der Waals surface area contributed by atoms with Crippen molar-refractivity contribution in [3.05, 3.63) is 0 Å². The summed E-state index contributed by atoms with van der Waals surface area (Å²) in [7, 11) is -3.82. The van der Waals surface area contributed by atoms with E-state index in [4.69, 9.17) is 23.4 Å². The predicted molar refractivity (Wildman–Crippen MR) is 79.5 cm³/mol. The monoisotopic (exact) mass is 361 g/mol. The second kappa shape index (κ2) is 4.51. The van der Waals surface area contributed by atoms with Crippen LogP contribution in [0.25, 0.3) is 0 Å². The molecular formula is C15H23NO7S. The summed E-state index contributed by atoms with van der Waals surface area (Å²) in [5, 5.41) is 0. The second-order valence-electron chi connectivity index (χ2n) is 8.33. The van der Waals surface area contributed by atoms with Gasteiger partial charge < -0.3 is 9.47 Å². The molecule has 1 saturated carbocycles. The summed E-state index contributed by atoms with van der Waals surface area (Å²) in [6.45, 7) is 5.91. The Balaban J connectivity index is 1.69. The summed E-state index contributed by atoms with van der Waals surface area (Å²) in [4.78, 5) is 11.7. The number of hydrogen-bond acceptors (Lipinski definition) is 7. The maximum Gasteiger partial charge on any atom is 0.336 e. The van der Waals surface area contributed by atoms with Gasteiger partial charge in [-0.1, -0.05) is 6.92 Å². The summed E-state index contributed by atoms with van der Waals surface area (Å²) in [6, 6.07) is -0.291. The highest BCUT2D eigenvalue weighted by molar-refractivity contribution is 7.84. The van der Waals surface area contributed by atoms with E-state index >= 15 is 0 Å². The van der Waals surface area contributed by atoms with Crippen molar-refractivity contribution in [1.29, 1.82) is 0 Å². The zero-order valence-corrected chi connectivity index (χ0v) is 14.8. The molecule has 1 N–H and O–H groups in total. The van der Waals surface area contributed by atoms with Crippen LogP contribution < -0.4 is 4.72 Å². The van der Waals surface area contributed by atoms with E-state index in [0.29, 0.717) is 6.42 Å². The molecule has 1 aliphatic carbocycles. The highest BCUT2D eigenvalue weighted by atomic mass is 32.2. The molecule has 2 bridgehead atoms. The van der Waals surface area contributed by atoms with Crippen LogP contribution >= 0.6 is 0 Å². The van der Waals surface area contributed by atoms with Gasteiger partial charge in [-0.05, 0) is 38.5 Å². The molecule has 9 heteroatoms. The van der Waals surface area contributed by atoms with E-state index in [0.717, 1.165) is 12.8 Å². The van der Waals surface area contributed by atoms with E-state index in [1.807, 2.05) is 6.92 Å². The fourth-order valence-corrected chi connectivity index (χ4v) is 7.05. The van der Waals surface area contributed by atoms with Gasteiger partial charge in [-0.2, -0.15) is 13.1 Å². The van der Waals surface area contributed by atoms with E-state index in [1.165, 1.54) is 0 Å². The van der Waals surface area contributed by atoms with E-state index in [-0.39, 0.29) is 30.4 Å². The third-order valence-corrected chi connectivity index (χ3v) is 7.74. The summed E-state index contributed by atoms with van der Waals surface area (Å²) in [6.07, 6.45) is 1.74. The first-order valence-electron chi connectivity index (χ1n) is 8.57. The van der Waals surface area contributed by atoms with Gasteiger partial charge in [0.05, 0.1) is 6.61 Å². The minimum atomic E-state index is -3.82. The van der Waals surface area contributed by atoms with Crippen LogP contribution in [0, 0.1) is 17.8 Å². The zero-order valence-electron chi connectivity index (χ0n) is 14.0. The van der Waals surface area contributed by atoms with Crippen molar-refractivity contribution in [2.45, 2.75) is 69.4 Å². The van der Waals surface area contributed by atoms with Crippen molar-refractivity contribution in [3.63, 3.8) is 0 Å². The first kappa shape index (κ1) is 15.9. The van der Waals surface area contributed by atoms with E-state index in [2.05, 4.69) is 11.6 Å². The number of ether oxygens (including phenoxy) is 2. The Labute approximate surface area is 141 Å². The van der Waals surface area contributed by atoms with Gasteiger partial charge in [-0.25, -0.2) is 14.0 Å². The van der Waals surface area contributed by atoms with Crippen LogP contribution in [0.2, 0.25) is 0 Å². The second-order valence-corrected chi connectivity index (χ2v) is 9.64. The minimum absolute atomic E-state index is 0.141. The third-order valence-electron chi connectivity index (χ3n) is 6.55. The van der Waals surface area contributed by atoms with Crippen molar-refractivity contribution in [1.82, 2.24) is 4.72 Å². The Kier molecular flexibility index (Phi) is 2.99. The predicted octanol–water partition coefficient (Wildman–Crippen LogP) is 0.834. The Hall–Kier alpha value is -0.290. The maximum atomic E-state index is 12.2. The fourth-order valence-electron chi connectivity index (χ4n) is 5.74. The quantitative estimate of drug-likeness (QED) is 0.639. The van der Waals surface area contributed by atoms with Crippen molar-refractivity contribution in [2.75, 3.05) is 6.61 Å². The summed E-state index contributed by atoms with van der Waals surface area (Å²) in [5.74, 6) is -0.672. The molecule has 1 spiro atoms. The average molecular weight is 361 g/mol. The molecule has 8 atom stereocenters. The molecular weight excluding hydrogens is 338 g/mol. The lowest BCUT2D eigenvalue weighted by atomic mass is 9.55. The van der Waals surface area contributed by atoms with Crippen molar-refractivity contribution in [3.8, 4) is 0 Å². The SMILES string of the molecule is C[C@@H]1C[C@@H]2NS(=O)(=O)O[C@@]3(C)CO[C@@H]4O[C@@]5(C)CC[C@@H]1[C@@]4(OO5)[C@@H]23. The van der Waals surface area contributed by atoms with E-state index < -0.39 is 33.6 Å². The lowest BCUT2D eigenvalue weighted by Crippen LogP contribution is -2.80. The average Bonchev–Trinajstić information content (AvgIpc) is 2.68. The molecule has 0 aromatic heterocycles. The van der Waals surface area contributed by atoms with Crippen LogP contribution in [0.3, 0.4) is 0 Å². The number of rotatable bonds is 0. The topological polar surface area (TPSA) is 92.3 Å². The van der Waals surface area contributed by atoms with Crippen LogP contribution in [-0.2, 0) is 33.7 Å². The maximum absolute atomic E-state index is 12.2. The van der Waals surface area contributed by atoms with Gasteiger partial charge in [0.25, 0.3) is 0 Å². The highest BCUT2D eigenvalue weighted by Crippen LogP contribution is 2.61. The molecule has 0 unspecified atom stereocenters. The van der Waals surface area contributed by atoms with Crippen LogP contribution in [0.1, 0.15) is 40.0 Å². The van der Waals surface area contributed by atoms with Gasteiger partial charge in [0.2, 0.25) is 5.79 Å². The largest absolute Gasteiger partial charge is 0.346 e. The molecule has 6 fully saturated rings. The smallest absolute Gasteiger partial charge is 0.336 e. The first-order valence-corrected chi connectivity index (χ1v) is 9.97. The van der Waals surface area contributed by atoms with Crippen molar-refractivity contribution < 1.29 is 31.8 Å². The molecule has 8 nitrogen and oxygen atoms in total. The third kappa shape index (κ3) is 1.86. The van der Waals surface area contributed by atoms with Gasteiger partial charge in [-0.3, -0.25) is 0 Å². The Bertz CT molecular complexity index is 685. The molecule has 0 aromatic carbocycles. The first-order chi connectivity index (χ1) is 11.2. The number of nitrogens with one attached hydrogen (secondary N) is 1. The molecule has 0 radical (unpaired) electrons. The molecule has 5 aliphatic heterocycles. The summed E-state index contributed by atoms with van der Waals surface area (Å²) < 4.78 is 44.6. The standard InChI is InChI=1S/C15H23NO7S/c1-8-6-10-11-13(2,23-24(17,18)16-10)7-19-12-15(11)9(8)4-5-14(3,20-12)21-22-15/h8-12,16H,4-7H2,1-3H3/t8-,9+,10+,11+,12-,13+,14-,15-/m1/s1. The van der Waals surface area contributed by atoms with Crippen LogP contribution in [0.4, 0.5) is 0 Å². The van der Waals surface area contributed by atoms with Crippen LogP contribution in [0.15, 0.2) is 0 Å². The molecule has 136 valence electrons. The highest BCUT2D eigenvalue weighted by Gasteiger charge is 2.75. The molecule has 5 heterocycles. The van der Waals surface area contributed by atoms with Gasteiger partial charge >= 0.3 is 10.3 Å². The van der Waals surface area contributed by atoms with Gasteiger partial charge in [0.15, 0.2) is 11.9 Å². The minimum Gasteiger partial charge on any atom is -0.346 e. The van der Waals surface area contributed by atoms with Crippen LogP contribution in [0.5, 0.6) is 0 Å². The molecule has 24 heavy (non-hydrogen) atoms. The molecule has 6 rings (SSSR count).